The van der Waals surface area contributed by atoms with E-state index in [9.17, 15) is 17.6 Å². The molecule has 0 aliphatic carbocycles. The van der Waals surface area contributed by atoms with Gasteiger partial charge in [-0.1, -0.05) is 0 Å². The number of anilines is 1. The molecule has 1 saturated heterocycles. The molecule has 1 aromatic carbocycles. The molecule has 1 aliphatic heterocycles. The van der Waals surface area contributed by atoms with Gasteiger partial charge in [-0.15, -0.1) is 0 Å². The maximum atomic E-state index is 12.8. The summed E-state index contributed by atoms with van der Waals surface area (Å²) in [6.45, 7) is 1.51. The van der Waals surface area contributed by atoms with Crippen LogP contribution in [0.3, 0.4) is 0 Å². The molecule has 0 atom stereocenters. The Bertz CT molecular complexity index is 596. The minimum atomic E-state index is -3.19. The summed E-state index contributed by atoms with van der Waals surface area (Å²) in [5.74, 6) is -0.434. The molecular formula is C13H18FN3O3S. The van der Waals surface area contributed by atoms with Gasteiger partial charge in [-0.25, -0.2) is 12.8 Å². The summed E-state index contributed by atoms with van der Waals surface area (Å²) in [5, 5.41) is 2.92. The molecule has 116 valence electrons. The van der Waals surface area contributed by atoms with Crippen molar-refractivity contribution in [3.63, 3.8) is 0 Å². The van der Waals surface area contributed by atoms with E-state index >= 15 is 0 Å². The SMILES string of the molecule is CS(=O)(=O)N1CCN(C(=O)CNc2ccc(F)cc2)CC1. The number of nitrogens with one attached hydrogen (secondary N) is 1. The highest BCUT2D eigenvalue weighted by atomic mass is 32.2. The maximum Gasteiger partial charge on any atom is 0.241 e. The Morgan fingerprint density at radius 2 is 1.76 bits per heavy atom. The van der Waals surface area contributed by atoms with Gasteiger partial charge in [-0.2, -0.15) is 4.31 Å². The Hall–Kier alpha value is -1.67. The molecule has 0 spiro atoms. The van der Waals surface area contributed by atoms with Crippen LogP contribution >= 0.6 is 0 Å². The van der Waals surface area contributed by atoms with Crippen molar-refractivity contribution in [3.05, 3.63) is 30.1 Å². The van der Waals surface area contributed by atoms with E-state index in [1.54, 1.807) is 17.0 Å². The fraction of sp³-hybridized carbons (Fsp3) is 0.462. The van der Waals surface area contributed by atoms with Crippen molar-refractivity contribution >= 4 is 21.6 Å². The van der Waals surface area contributed by atoms with Gasteiger partial charge in [-0.3, -0.25) is 4.79 Å². The molecule has 1 heterocycles. The van der Waals surface area contributed by atoms with Gasteiger partial charge in [0.1, 0.15) is 5.82 Å². The van der Waals surface area contributed by atoms with Gasteiger partial charge in [0.05, 0.1) is 12.8 Å². The third kappa shape index (κ3) is 4.40. The molecule has 0 saturated carbocycles. The number of rotatable bonds is 4. The Kier molecular flexibility index (Phi) is 4.79. The largest absolute Gasteiger partial charge is 0.376 e. The summed E-state index contributed by atoms with van der Waals surface area (Å²) >= 11 is 0. The second kappa shape index (κ2) is 6.40. The molecule has 8 heteroatoms. The van der Waals surface area contributed by atoms with E-state index in [4.69, 9.17) is 0 Å². The van der Waals surface area contributed by atoms with Crippen LogP contribution in [-0.2, 0) is 14.8 Å². The van der Waals surface area contributed by atoms with Gasteiger partial charge in [0.2, 0.25) is 15.9 Å². The summed E-state index contributed by atoms with van der Waals surface area (Å²) in [5.41, 5.74) is 0.666. The molecule has 0 radical (unpaired) electrons. The molecule has 0 unspecified atom stereocenters. The molecule has 1 amide bonds. The van der Waals surface area contributed by atoms with Gasteiger partial charge in [0.15, 0.2) is 0 Å². The van der Waals surface area contributed by atoms with Gasteiger partial charge in [0, 0.05) is 31.9 Å². The highest BCUT2D eigenvalue weighted by Gasteiger charge is 2.25. The van der Waals surface area contributed by atoms with Gasteiger partial charge < -0.3 is 10.2 Å². The lowest BCUT2D eigenvalue weighted by atomic mass is 10.3. The van der Waals surface area contributed by atoms with Crippen molar-refractivity contribution in [2.75, 3.05) is 44.3 Å². The van der Waals surface area contributed by atoms with Gasteiger partial charge in [-0.05, 0) is 24.3 Å². The maximum absolute atomic E-state index is 12.8. The van der Waals surface area contributed by atoms with E-state index in [1.165, 1.54) is 22.7 Å². The monoisotopic (exact) mass is 315 g/mol. The average molecular weight is 315 g/mol. The van der Waals surface area contributed by atoms with Crippen LogP contribution in [-0.4, -0.2) is 62.5 Å². The Morgan fingerprint density at radius 1 is 1.19 bits per heavy atom. The second-order valence-corrected chi connectivity index (χ2v) is 6.89. The molecule has 1 aliphatic rings. The number of carbonyl (C=O) groups excluding carboxylic acids is 1. The lowest BCUT2D eigenvalue weighted by Crippen LogP contribution is -2.51. The van der Waals surface area contributed by atoms with Crippen LogP contribution in [0.15, 0.2) is 24.3 Å². The first kappa shape index (κ1) is 15.7. The number of halogens is 1. The van der Waals surface area contributed by atoms with E-state index in [-0.39, 0.29) is 18.3 Å². The lowest BCUT2D eigenvalue weighted by molar-refractivity contribution is -0.130. The smallest absolute Gasteiger partial charge is 0.241 e. The predicted octanol–water partition coefficient (Wildman–Crippen LogP) is 0.341. The third-order valence-electron chi connectivity index (χ3n) is 3.35. The topological polar surface area (TPSA) is 69.7 Å². The van der Waals surface area contributed by atoms with E-state index in [0.29, 0.717) is 31.9 Å². The lowest BCUT2D eigenvalue weighted by Gasteiger charge is -2.33. The molecule has 21 heavy (non-hydrogen) atoms. The van der Waals surface area contributed by atoms with Crippen LogP contribution < -0.4 is 5.32 Å². The Labute approximate surface area is 123 Å². The third-order valence-corrected chi connectivity index (χ3v) is 4.65. The zero-order valence-corrected chi connectivity index (χ0v) is 12.6. The van der Waals surface area contributed by atoms with E-state index in [2.05, 4.69) is 5.32 Å². The first-order valence-corrected chi connectivity index (χ1v) is 8.43. The summed E-state index contributed by atoms with van der Waals surface area (Å²) in [7, 11) is -3.19. The summed E-state index contributed by atoms with van der Waals surface area (Å²) in [6, 6.07) is 5.75. The van der Waals surface area contributed by atoms with Gasteiger partial charge >= 0.3 is 0 Å². The van der Waals surface area contributed by atoms with Crippen LogP contribution in [0.1, 0.15) is 0 Å². The molecule has 1 aromatic rings. The Balaban J connectivity index is 1.81. The molecule has 6 nitrogen and oxygen atoms in total. The fourth-order valence-corrected chi connectivity index (χ4v) is 2.95. The number of benzene rings is 1. The Morgan fingerprint density at radius 3 is 2.29 bits per heavy atom. The van der Waals surface area contributed by atoms with Crippen LogP contribution in [0.5, 0.6) is 0 Å². The van der Waals surface area contributed by atoms with Crippen LogP contribution in [0.25, 0.3) is 0 Å². The van der Waals surface area contributed by atoms with E-state index < -0.39 is 10.0 Å². The van der Waals surface area contributed by atoms with Crippen LogP contribution in [0.4, 0.5) is 10.1 Å². The second-order valence-electron chi connectivity index (χ2n) is 4.90. The van der Waals surface area contributed by atoms with Crippen molar-refractivity contribution in [1.29, 1.82) is 0 Å². The number of carbonyl (C=O) groups is 1. The predicted molar refractivity (Wildman–Crippen MR) is 77.9 cm³/mol. The average Bonchev–Trinajstić information content (AvgIpc) is 2.45. The molecule has 2 rings (SSSR count). The molecule has 0 bridgehead atoms. The highest BCUT2D eigenvalue weighted by Crippen LogP contribution is 2.09. The zero-order chi connectivity index (χ0) is 15.5. The van der Waals surface area contributed by atoms with E-state index in [1.807, 2.05) is 0 Å². The number of amides is 1. The van der Waals surface area contributed by atoms with Crippen molar-refractivity contribution in [2.45, 2.75) is 0 Å². The molecule has 1 N–H and O–H groups in total. The zero-order valence-electron chi connectivity index (χ0n) is 11.8. The normalized spacial score (nSPS) is 16.8. The summed E-state index contributed by atoms with van der Waals surface area (Å²) < 4.78 is 36.9. The first-order valence-electron chi connectivity index (χ1n) is 6.58. The molecular weight excluding hydrogens is 297 g/mol. The summed E-state index contributed by atoms with van der Waals surface area (Å²) in [4.78, 5) is 13.6. The van der Waals surface area contributed by atoms with Gasteiger partial charge in [0.25, 0.3) is 0 Å². The summed E-state index contributed by atoms with van der Waals surface area (Å²) in [6.07, 6.45) is 1.17. The minimum absolute atomic E-state index is 0.102. The van der Waals surface area contributed by atoms with Crippen molar-refractivity contribution in [2.24, 2.45) is 0 Å². The minimum Gasteiger partial charge on any atom is -0.376 e. The first-order chi connectivity index (χ1) is 9.86. The van der Waals surface area contributed by atoms with Crippen molar-refractivity contribution in [3.8, 4) is 0 Å². The van der Waals surface area contributed by atoms with E-state index in [0.717, 1.165) is 0 Å². The van der Waals surface area contributed by atoms with Crippen LogP contribution in [0.2, 0.25) is 0 Å². The number of hydrogen-bond acceptors (Lipinski definition) is 4. The molecule has 0 aromatic heterocycles. The highest BCUT2D eigenvalue weighted by molar-refractivity contribution is 7.88. The number of hydrogen-bond donors (Lipinski definition) is 1. The van der Waals surface area contributed by atoms with Crippen molar-refractivity contribution < 1.29 is 17.6 Å². The quantitative estimate of drug-likeness (QED) is 0.870. The number of sulfonamides is 1. The van der Waals surface area contributed by atoms with Crippen molar-refractivity contribution in [1.82, 2.24) is 9.21 Å². The van der Waals surface area contributed by atoms with Crippen LogP contribution in [0, 0.1) is 5.82 Å². The standard InChI is InChI=1S/C13H18FN3O3S/c1-21(19,20)17-8-6-16(7-9-17)13(18)10-15-12-4-2-11(14)3-5-12/h2-5,15H,6-10H2,1H3. The number of piperazine rings is 1. The fourth-order valence-electron chi connectivity index (χ4n) is 2.13. The number of nitrogens with zero attached hydrogens (tertiary/aromatic N) is 2. The molecule has 1 fully saturated rings.